The molecule has 0 amide bonds. The number of hydrogen-bond donors (Lipinski definition) is 2. The number of aldehydes is 1. The fraction of sp³-hybridized carbons (Fsp3) is 0.320. The molecule has 4 aromatic rings. The summed E-state index contributed by atoms with van der Waals surface area (Å²) in [6.45, 7) is 3.26. The van der Waals surface area contributed by atoms with E-state index >= 15 is 0 Å². The second kappa shape index (κ2) is 13.3. The number of halogens is 3. The summed E-state index contributed by atoms with van der Waals surface area (Å²) in [5.74, 6) is -2.41. The summed E-state index contributed by atoms with van der Waals surface area (Å²) in [5, 5.41) is 8.64. The summed E-state index contributed by atoms with van der Waals surface area (Å²) >= 11 is 7.72. The van der Waals surface area contributed by atoms with Crippen LogP contribution in [0, 0.1) is 0 Å². The van der Waals surface area contributed by atoms with Crippen LogP contribution < -0.4 is 10.0 Å². The van der Waals surface area contributed by atoms with E-state index in [0.29, 0.717) is 22.0 Å². The predicted molar refractivity (Wildman–Crippen MR) is 148 cm³/mol. The van der Waals surface area contributed by atoms with Crippen LogP contribution in [0.1, 0.15) is 34.2 Å². The Labute approximate surface area is 227 Å². The lowest BCUT2D eigenvalue weighted by molar-refractivity contribution is 0.112. The number of alkyl halides is 2. The number of likely N-dealkylation sites (N-methyl/N-ethyl adjacent to an activating group) is 1. The molecule has 1 atom stereocenters. The third kappa shape index (κ3) is 7.48. The summed E-state index contributed by atoms with van der Waals surface area (Å²) in [6, 6.07) is 11.5. The monoisotopic (exact) mass is 564 g/mol. The van der Waals surface area contributed by atoms with E-state index in [0.717, 1.165) is 53.1 Å². The predicted octanol–water partition coefficient (Wildman–Crippen LogP) is 6.25. The smallest absolute Gasteiger partial charge is 0.302 e. The largest absolute Gasteiger partial charge is 0.325 e. The van der Waals surface area contributed by atoms with Gasteiger partial charge in [0, 0.05) is 53.2 Å². The Morgan fingerprint density at radius 1 is 1.22 bits per heavy atom. The van der Waals surface area contributed by atoms with Crippen LogP contribution in [0.4, 0.5) is 14.5 Å². The zero-order valence-corrected chi connectivity index (χ0v) is 22.5. The molecular weight excluding hydrogens is 538 g/mol. The number of thiazole rings is 1. The van der Waals surface area contributed by atoms with Gasteiger partial charge in [-0.05, 0) is 62.8 Å². The van der Waals surface area contributed by atoms with Crippen LogP contribution in [0.15, 0.2) is 55.0 Å². The van der Waals surface area contributed by atoms with Gasteiger partial charge in [0.15, 0.2) is 11.3 Å². The third-order valence-electron chi connectivity index (χ3n) is 5.92. The molecule has 0 aliphatic carbocycles. The fourth-order valence-corrected chi connectivity index (χ4v) is 5.39. The van der Waals surface area contributed by atoms with Gasteiger partial charge in [0.05, 0.1) is 16.6 Å². The maximum atomic E-state index is 12.2. The summed E-state index contributed by atoms with van der Waals surface area (Å²) in [6.07, 6.45) is 8.49. The molecule has 1 aromatic carbocycles. The Balaban J connectivity index is 0.000000175. The van der Waals surface area contributed by atoms with Crippen LogP contribution >= 0.6 is 34.9 Å². The minimum absolute atomic E-state index is 0.228. The molecule has 12 heteroatoms. The molecule has 37 heavy (non-hydrogen) atoms. The number of rotatable bonds is 9. The number of fused-ring (bicyclic) bond motifs is 1. The van der Waals surface area contributed by atoms with Gasteiger partial charge in [-0.1, -0.05) is 23.7 Å². The van der Waals surface area contributed by atoms with E-state index in [-0.39, 0.29) is 6.04 Å². The summed E-state index contributed by atoms with van der Waals surface area (Å²) in [4.78, 5) is 18.0. The van der Waals surface area contributed by atoms with Gasteiger partial charge in [0.25, 0.3) is 0 Å². The first-order valence-electron chi connectivity index (χ1n) is 11.7. The van der Waals surface area contributed by atoms with Crippen molar-refractivity contribution in [1.29, 1.82) is 0 Å². The molecule has 1 saturated heterocycles. The van der Waals surface area contributed by atoms with Crippen LogP contribution in [-0.2, 0) is 0 Å². The van der Waals surface area contributed by atoms with E-state index < -0.39 is 5.76 Å². The van der Waals surface area contributed by atoms with E-state index in [2.05, 4.69) is 25.0 Å². The maximum absolute atomic E-state index is 12.2. The molecule has 196 valence electrons. The number of carbonyl (C=O) groups is 1. The molecule has 3 aromatic heterocycles. The molecule has 0 radical (unpaired) electrons. The highest BCUT2D eigenvalue weighted by Crippen LogP contribution is 2.30. The molecule has 1 unspecified atom stereocenters. The van der Waals surface area contributed by atoms with E-state index in [4.69, 9.17) is 11.6 Å². The van der Waals surface area contributed by atoms with Crippen molar-refractivity contribution in [3.8, 4) is 10.4 Å². The fourth-order valence-electron chi connectivity index (χ4n) is 4.13. The SMILES string of the molecule is CNC(CN1CCCC1)c1cccc(NSC(F)F)c1.O=Cc1ncc(-c2cnn3ccc(Cl)cc23)s1. The zero-order valence-electron chi connectivity index (χ0n) is 20.1. The van der Waals surface area contributed by atoms with Gasteiger partial charge in [-0.25, -0.2) is 9.50 Å². The Morgan fingerprint density at radius 3 is 2.73 bits per heavy atom. The molecule has 5 rings (SSSR count). The van der Waals surface area contributed by atoms with Crippen molar-refractivity contribution in [2.24, 2.45) is 0 Å². The first-order chi connectivity index (χ1) is 18.0. The summed E-state index contributed by atoms with van der Waals surface area (Å²) in [7, 11) is 1.94. The molecular formula is C25H27ClF2N6OS2. The molecule has 0 bridgehead atoms. The Morgan fingerprint density at radius 2 is 2.03 bits per heavy atom. The molecule has 1 aliphatic heterocycles. The van der Waals surface area contributed by atoms with Gasteiger partial charge in [-0.2, -0.15) is 13.9 Å². The van der Waals surface area contributed by atoms with Crippen molar-refractivity contribution < 1.29 is 13.6 Å². The number of hydrogen-bond acceptors (Lipinski definition) is 8. The van der Waals surface area contributed by atoms with E-state index in [1.165, 1.54) is 24.2 Å². The Bertz CT molecular complexity index is 1310. The first kappa shape index (κ1) is 27.5. The minimum Gasteiger partial charge on any atom is -0.325 e. The highest BCUT2D eigenvalue weighted by Gasteiger charge is 2.18. The van der Waals surface area contributed by atoms with E-state index in [1.54, 1.807) is 35.2 Å². The first-order valence-corrected chi connectivity index (χ1v) is 13.8. The van der Waals surface area contributed by atoms with Crippen LogP contribution in [0.5, 0.6) is 0 Å². The number of anilines is 1. The van der Waals surface area contributed by atoms with Gasteiger partial charge >= 0.3 is 5.76 Å². The van der Waals surface area contributed by atoms with Gasteiger partial charge < -0.3 is 14.9 Å². The topological polar surface area (TPSA) is 74.6 Å². The Kier molecular flexibility index (Phi) is 9.87. The van der Waals surface area contributed by atoms with Gasteiger partial charge in [0.1, 0.15) is 0 Å². The molecule has 4 heterocycles. The van der Waals surface area contributed by atoms with Crippen LogP contribution in [0.2, 0.25) is 5.02 Å². The summed E-state index contributed by atoms with van der Waals surface area (Å²) < 4.78 is 28.8. The lowest BCUT2D eigenvalue weighted by atomic mass is 10.1. The number of carbonyl (C=O) groups excluding carboxylic acids is 1. The molecule has 7 nitrogen and oxygen atoms in total. The third-order valence-corrected chi connectivity index (χ3v) is 7.64. The van der Waals surface area contributed by atoms with Crippen molar-refractivity contribution in [3.63, 3.8) is 0 Å². The van der Waals surface area contributed by atoms with Crippen molar-refractivity contribution in [1.82, 2.24) is 24.8 Å². The number of nitrogens with one attached hydrogen (secondary N) is 2. The van der Waals surface area contributed by atoms with Gasteiger partial charge in [-0.3, -0.25) is 4.79 Å². The minimum atomic E-state index is -2.41. The number of pyridine rings is 1. The quantitative estimate of drug-likeness (QED) is 0.184. The lowest BCUT2D eigenvalue weighted by Gasteiger charge is -2.24. The highest BCUT2D eigenvalue weighted by atomic mass is 35.5. The van der Waals surface area contributed by atoms with Crippen molar-refractivity contribution in [3.05, 3.63) is 70.6 Å². The maximum Gasteiger partial charge on any atom is 0.302 e. The molecule has 0 saturated carbocycles. The van der Waals surface area contributed by atoms with Crippen LogP contribution in [0.25, 0.3) is 16.0 Å². The normalized spacial score (nSPS) is 14.5. The molecule has 1 fully saturated rings. The molecule has 2 N–H and O–H groups in total. The standard InChI is InChI=1S/C14H21F2N3S.C11H6ClN3OS/c1-17-13(10-19-7-2-3-8-19)11-5-4-6-12(9-11)18-20-14(15)16;12-7-1-2-15-9(3-7)8(4-14-15)10-5-13-11(6-16)17-10/h4-6,9,13-14,17-18H,2-3,7-8,10H2,1H3;1-6H. The number of aromatic nitrogens is 3. The van der Waals surface area contributed by atoms with Gasteiger partial charge in [-0.15, -0.1) is 11.3 Å². The zero-order chi connectivity index (χ0) is 26.2. The second-order valence-corrected chi connectivity index (χ2v) is 10.7. The Hall–Kier alpha value is -2.57. The molecule has 0 spiro atoms. The number of likely N-dealkylation sites (tertiary alicyclic amines) is 1. The summed E-state index contributed by atoms with van der Waals surface area (Å²) in [5.41, 5.74) is 3.67. The molecule has 1 aliphatic rings. The van der Waals surface area contributed by atoms with Crippen LogP contribution in [-0.4, -0.2) is 58.2 Å². The van der Waals surface area contributed by atoms with E-state index in [9.17, 15) is 13.6 Å². The average Bonchev–Trinajstić information content (AvgIpc) is 3.67. The highest BCUT2D eigenvalue weighted by molar-refractivity contribution is 8.00. The number of nitrogens with zero attached hydrogens (tertiary/aromatic N) is 4. The van der Waals surface area contributed by atoms with Crippen molar-refractivity contribution >= 4 is 52.4 Å². The number of benzene rings is 1. The van der Waals surface area contributed by atoms with Crippen LogP contribution in [0.3, 0.4) is 0 Å². The average molecular weight is 565 g/mol. The van der Waals surface area contributed by atoms with Crippen molar-refractivity contribution in [2.75, 3.05) is 31.4 Å². The lowest BCUT2D eigenvalue weighted by Crippen LogP contribution is -2.31. The van der Waals surface area contributed by atoms with Crippen molar-refractivity contribution in [2.45, 2.75) is 24.6 Å². The van der Waals surface area contributed by atoms with Gasteiger partial charge in [0.2, 0.25) is 0 Å². The second-order valence-electron chi connectivity index (χ2n) is 8.37. The van der Waals surface area contributed by atoms with E-state index in [1.807, 2.05) is 31.3 Å².